The molecule has 160 valence electrons. The molecular formula is C22H21ClN4O4. The first-order valence-corrected chi connectivity index (χ1v) is 10.0. The van der Waals surface area contributed by atoms with Crippen molar-refractivity contribution in [3.63, 3.8) is 0 Å². The summed E-state index contributed by atoms with van der Waals surface area (Å²) in [7, 11) is 0. The molecule has 8 nitrogen and oxygen atoms in total. The summed E-state index contributed by atoms with van der Waals surface area (Å²) in [6.07, 6.45) is 1.15. The zero-order valence-electron chi connectivity index (χ0n) is 17.0. The number of benzene rings is 2. The first-order valence-electron chi connectivity index (χ1n) is 9.64. The van der Waals surface area contributed by atoms with Crippen LogP contribution < -0.4 is 11.2 Å². The molecule has 2 aromatic carbocycles. The number of carbonyl (C=O) groups excluding carboxylic acids is 1. The number of nitrogens with one attached hydrogen (secondary N) is 1. The Kier molecular flexibility index (Phi) is 6.71. The number of hydrogen-bond donors (Lipinski definition) is 2. The Bertz CT molecular complexity index is 1240. The van der Waals surface area contributed by atoms with Crippen LogP contribution in [0.4, 0.5) is 5.69 Å². The monoisotopic (exact) mass is 440 g/mol. The van der Waals surface area contributed by atoms with E-state index in [-0.39, 0.29) is 22.2 Å². The lowest BCUT2D eigenvalue weighted by atomic mass is 10.2. The van der Waals surface area contributed by atoms with Gasteiger partial charge in [0, 0.05) is 24.9 Å². The van der Waals surface area contributed by atoms with Crippen LogP contribution in [-0.4, -0.2) is 44.8 Å². The van der Waals surface area contributed by atoms with Crippen LogP contribution in [0.25, 0.3) is 5.69 Å². The highest BCUT2D eigenvalue weighted by Crippen LogP contribution is 2.23. The maximum Gasteiger partial charge on any atom is 0.335 e. The van der Waals surface area contributed by atoms with Gasteiger partial charge in [-0.05, 0) is 50.2 Å². The molecule has 0 aliphatic rings. The molecule has 0 bridgehead atoms. The van der Waals surface area contributed by atoms with Gasteiger partial charge in [-0.3, -0.25) is 19.6 Å². The van der Waals surface area contributed by atoms with E-state index in [2.05, 4.69) is 9.98 Å². The number of amides is 1. The molecule has 9 heteroatoms. The minimum absolute atomic E-state index is 0.0820. The number of halogens is 1. The van der Waals surface area contributed by atoms with Gasteiger partial charge in [0.05, 0.1) is 16.4 Å². The molecule has 3 rings (SSSR count). The number of rotatable bonds is 6. The predicted octanol–water partition coefficient (Wildman–Crippen LogP) is 3.12. The summed E-state index contributed by atoms with van der Waals surface area (Å²) in [4.78, 5) is 44.9. The number of H-pyrrole nitrogens is 1. The zero-order chi connectivity index (χ0) is 22.5. The predicted molar refractivity (Wildman–Crippen MR) is 120 cm³/mol. The lowest BCUT2D eigenvalue weighted by Crippen LogP contribution is -2.31. The van der Waals surface area contributed by atoms with Crippen LogP contribution in [0.2, 0.25) is 5.02 Å². The third-order valence-electron chi connectivity index (χ3n) is 4.72. The Morgan fingerprint density at radius 1 is 1.13 bits per heavy atom. The molecule has 0 spiro atoms. The minimum Gasteiger partial charge on any atom is -0.493 e. The lowest BCUT2D eigenvalue weighted by Gasteiger charge is -2.18. The van der Waals surface area contributed by atoms with Gasteiger partial charge in [0.2, 0.25) is 5.88 Å². The van der Waals surface area contributed by atoms with Crippen molar-refractivity contribution in [1.82, 2.24) is 14.5 Å². The molecule has 0 fully saturated rings. The molecule has 3 aromatic rings. The molecule has 0 aliphatic heterocycles. The van der Waals surface area contributed by atoms with Gasteiger partial charge in [0.25, 0.3) is 11.5 Å². The molecule has 1 aromatic heterocycles. The largest absolute Gasteiger partial charge is 0.493 e. The summed E-state index contributed by atoms with van der Waals surface area (Å²) >= 11 is 6.12. The van der Waals surface area contributed by atoms with E-state index in [9.17, 15) is 19.5 Å². The number of para-hydroxylation sites is 1. The van der Waals surface area contributed by atoms with Gasteiger partial charge < -0.3 is 10.0 Å². The summed E-state index contributed by atoms with van der Waals surface area (Å²) in [5.74, 6) is -0.666. The normalized spacial score (nSPS) is 11.1. The van der Waals surface area contributed by atoms with Crippen LogP contribution in [0.5, 0.6) is 5.88 Å². The molecule has 0 saturated carbocycles. The van der Waals surface area contributed by atoms with Crippen LogP contribution >= 0.6 is 11.6 Å². The maximum atomic E-state index is 12.4. The van der Waals surface area contributed by atoms with Gasteiger partial charge in [-0.1, -0.05) is 23.7 Å². The number of aromatic nitrogens is 2. The van der Waals surface area contributed by atoms with Gasteiger partial charge in [-0.15, -0.1) is 0 Å². The van der Waals surface area contributed by atoms with Crippen molar-refractivity contribution >= 4 is 29.4 Å². The summed E-state index contributed by atoms with van der Waals surface area (Å²) in [5, 5.41) is 10.8. The van der Waals surface area contributed by atoms with Crippen LogP contribution in [0, 0.1) is 0 Å². The van der Waals surface area contributed by atoms with Crippen LogP contribution in [-0.2, 0) is 0 Å². The van der Waals surface area contributed by atoms with Gasteiger partial charge in [0.15, 0.2) is 0 Å². The molecule has 0 radical (unpaired) electrons. The van der Waals surface area contributed by atoms with Gasteiger partial charge in [-0.25, -0.2) is 9.36 Å². The van der Waals surface area contributed by atoms with Crippen LogP contribution in [0.15, 0.2) is 63.1 Å². The van der Waals surface area contributed by atoms with E-state index < -0.39 is 17.1 Å². The van der Waals surface area contributed by atoms with Crippen molar-refractivity contribution in [1.29, 1.82) is 0 Å². The van der Waals surface area contributed by atoms with E-state index in [1.54, 1.807) is 47.4 Å². The summed E-state index contributed by atoms with van der Waals surface area (Å²) in [6.45, 7) is 5.04. The van der Waals surface area contributed by atoms with Crippen molar-refractivity contribution < 1.29 is 9.90 Å². The Hall–Kier alpha value is -3.65. The number of aliphatic imine (C=N–C) groups is 1. The summed E-state index contributed by atoms with van der Waals surface area (Å²) in [5.41, 5.74) is -0.615. The van der Waals surface area contributed by atoms with E-state index in [0.717, 1.165) is 10.8 Å². The quantitative estimate of drug-likeness (QED) is 0.574. The molecule has 1 heterocycles. The fraction of sp³-hybridized carbons (Fsp3) is 0.182. The van der Waals surface area contributed by atoms with E-state index in [4.69, 9.17) is 11.6 Å². The van der Waals surface area contributed by atoms with E-state index in [1.807, 2.05) is 13.8 Å². The molecule has 0 atom stereocenters. The Labute approximate surface area is 183 Å². The smallest absolute Gasteiger partial charge is 0.335 e. The minimum atomic E-state index is -0.827. The second-order valence-electron chi connectivity index (χ2n) is 6.57. The summed E-state index contributed by atoms with van der Waals surface area (Å²) < 4.78 is 0.900. The van der Waals surface area contributed by atoms with Crippen molar-refractivity contribution in [2.45, 2.75) is 13.8 Å². The van der Waals surface area contributed by atoms with Crippen molar-refractivity contribution in [2.24, 2.45) is 4.99 Å². The van der Waals surface area contributed by atoms with Crippen molar-refractivity contribution in [2.75, 3.05) is 13.1 Å². The van der Waals surface area contributed by atoms with Crippen LogP contribution in [0.3, 0.4) is 0 Å². The molecule has 31 heavy (non-hydrogen) atoms. The molecule has 2 N–H and O–H groups in total. The Morgan fingerprint density at radius 3 is 2.39 bits per heavy atom. The lowest BCUT2D eigenvalue weighted by molar-refractivity contribution is 0.0773. The molecule has 0 unspecified atom stereocenters. The fourth-order valence-corrected chi connectivity index (χ4v) is 3.25. The molecular weight excluding hydrogens is 420 g/mol. The van der Waals surface area contributed by atoms with Gasteiger partial charge in [0.1, 0.15) is 5.56 Å². The van der Waals surface area contributed by atoms with Crippen LogP contribution in [0.1, 0.15) is 29.8 Å². The topological polar surface area (TPSA) is 108 Å². The third-order valence-corrected chi connectivity index (χ3v) is 5.04. The average Bonchev–Trinajstić information content (AvgIpc) is 2.76. The number of hydrogen-bond acceptors (Lipinski definition) is 5. The summed E-state index contributed by atoms with van der Waals surface area (Å²) in [6, 6.07) is 13.0. The second kappa shape index (κ2) is 9.44. The standard InChI is InChI=1S/C22H21ClN4O4/c1-3-26(4-2)20(29)14-9-11-15(12-10-14)24-13-16-19(28)25-22(31)27(21(16)30)18-8-6-5-7-17(18)23/h5-13,30H,3-4H2,1-2H3,(H,25,28,31). The number of nitrogens with zero attached hydrogens (tertiary/aromatic N) is 3. The van der Waals surface area contributed by atoms with Gasteiger partial charge >= 0.3 is 5.69 Å². The first-order chi connectivity index (χ1) is 14.9. The van der Waals surface area contributed by atoms with E-state index in [1.165, 1.54) is 6.07 Å². The third kappa shape index (κ3) is 4.59. The second-order valence-corrected chi connectivity index (χ2v) is 6.97. The Morgan fingerprint density at radius 2 is 1.77 bits per heavy atom. The van der Waals surface area contributed by atoms with Gasteiger partial charge in [-0.2, -0.15) is 0 Å². The average molecular weight is 441 g/mol. The fourth-order valence-electron chi connectivity index (χ4n) is 3.03. The Balaban J connectivity index is 1.95. The number of aromatic hydroxyl groups is 1. The first kappa shape index (κ1) is 22.0. The highest BCUT2D eigenvalue weighted by molar-refractivity contribution is 6.32. The van der Waals surface area contributed by atoms with Crippen molar-refractivity contribution in [3.05, 3.63) is 85.5 Å². The SMILES string of the molecule is CCN(CC)C(=O)c1ccc(N=Cc2c(O)n(-c3ccccc3Cl)c(=O)[nH]c2=O)cc1. The van der Waals surface area contributed by atoms with E-state index >= 15 is 0 Å². The highest BCUT2D eigenvalue weighted by Gasteiger charge is 2.16. The van der Waals surface area contributed by atoms with Crippen molar-refractivity contribution in [3.8, 4) is 11.6 Å². The molecule has 0 aliphatic carbocycles. The molecule has 0 saturated heterocycles. The molecule has 1 amide bonds. The zero-order valence-corrected chi connectivity index (χ0v) is 17.8. The maximum absolute atomic E-state index is 12.4. The highest BCUT2D eigenvalue weighted by atomic mass is 35.5. The number of carbonyl (C=O) groups is 1. The van der Waals surface area contributed by atoms with E-state index in [0.29, 0.717) is 24.3 Å². The number of aromatic amines is 1.